The Morgan fingerprint density at radius 3 is 2.44 bits per heavy atom. The zero-order valence-electron chi connectivity index (χ0n) is 19.4. The second-order valence-corrected chi connectivity index (χ2v) is 8.68. The first-order valence-electron chi connectivity index (χ1n) is 11.5. The number of anilines is 1. The van der Waals surface area contributed by atoms with E-state index in [4.69, 9.17) is 0 Å². The number of carbonyl (C=O) groups is 1. The van der Waals surface area contributed by atoms with Gasteiger partial charge in [-0.2, -0.15) is 0 Å². The minimum absolute atomic E-state index is 0.0843. The third kappa shape index (κ3) is 4.28. The normalized spacial score (nSPS) is 14.1. The first-order valence-corrected chi connectivity index (χ1v) is 11.5. The predicted molar refractivity (Wildman–Crippen MR) is 129 cm³/mol. The highest BCUT2D eigenvalue weighted by Gasteiger charge is 2.22. The molecule has 0 spiro atoms. The van der Waals surface area contributed by atoms with Crippen LogP contribution in [-0.4, -0.2) is 61.1 Å². The molecule has 5 rings (SSSR count). The molecule has 34 heavy (non-hydrogen) atoms. The van der Waals surface area contributed by atoms with Gasteiger partial charge in [-0.3, -0.25) is 18.6 Å². The van der Waals surface area contributed by atoms with Crippen molar-refractivity contribution in [1.82, 2.24) is 29.0 Å². The van der Waals surface area contributed by atoms with Crippen molar-refractivity contribution in [3.63, 3.8) is 0 Å². The number of hydrogen-bond acceptors (Lipinski definition) is 6. The highest BCUT2D eigenvalue weighted by Crippen LogP contribution is 2.15. The predicted octanol–water partition coefficient (Wildman–Crippen LogP) is 2.17. The van der Waals surface area contributed by atoms with Crippen molar-refractivity contribution in [3.05, 3.63) is 82.3 Å². The largest absolute Gasteiger partial charge is 0.353 e. The van der Waals surface area contributed by atoms with Crippen LogP contribution in [0.25, 0.3) is 11.3 Å². The fourth-order valence-corrected chi connectivity index (χ4v) is 4.50. The molecule has 1 aliphatic rings. The van der Waals surface area contributed by atoms with E-state index < -0.39 is 0 Å². The summed E-state index contributed by atoms with van der Waals surface area (Å²) in [7, 11) is 0. The van der Waals surface area contributed by atoms with Crippen LogP contribution >= 0.6 is 0 Å². The van der Waals surface area contributed by atoms with Gasteiger partial charge >= 0.3 is 5.56 Å². The fourth-order valence-electron chi connectivity index (χ4n) is 4.50. The molecule has 1 aromatic carbocycles. The van der Waals surface area contributed by atoms with Gasteiger partial charge in [0.1, 0.15) is 11.6 Å². The lowest BCUT2D eigenvalue weighted by molar-refractivity contribution is -0.131. The first-order chi connectivity index (χ1) is 16.5. The van der Waals surface area contributed by atoms with Crippen molar-refractivity contribution >= 4 is 17.4 Å². The molecule has 9 heteroatoms. The van der Waals surface area contributed by atoms with E-state index in [2.05, 4.69) is 26.1 Å². The molecule has 1 fully saturated rings. The van der Waals surface area contributed by atoms with Gasteiger partial charge in [0.2, 0.25) is 11.6 Å². The number of piperazine rings is 1. The van der Waals surface area contributed by atoms with Crippen molar-refractivity contribution in [2.75, 3.05) is 31.1 Å². The third-order valence-electron chi connectivity index (χ3n) is 6.19. The zero-order chi connectivity index (χ0) is 23.7. The molecule has 0 atom stereocenters. The molecule has 0 bridgehead atoms. The number of nitrogens with zero attached hydrogens (tertiary/aromatic N) is 7. The highest BCUT2D eigenvalue weighted by atomic mass is 16.2. The lowest BCUT2D eigenvalue weighted by atomic mass is 10.1. The molecule has 0 N–H and O–H groups in total. The summed E-state index contributed by atoms with van der Waals surface area (Å²) in [5.74, 6) is 1.64. The number of aromatic nitrogens is 5. The fraction of sp³-hybridized carbons (Fsp3) is 0.320. The molecule has 0 aliphatic carbocycles. The van der Waals surface area contributed by atoms with Gasteiger partial charge in [-0.05, 0) is 49.2 Å². The molecular weight excluding hydrogens is 430 g/mol. The topological polar surface area (TPSA) is 88.6 Å². The lowest BCUT2D eigenvalue weighted by Gasteiger charge is -2.35. The summed E-state index contributed by atoms with van der Waals surface area (Å²) in [6.07, 6.45) is 6.05. The summed E-state index contributed by atoms with van der Waals surface area (Å²) in [5, 5.41) is 8.33. The number of aryl methyl sites for hydroxylation is 3. The zero-order valence-corrected chi connectivity index (χ0v) is 19.4. The smallest absolute Gasteiger partial charge is 0.300 e. The molecular formula is C25H27N7O2. The van der Waals surface area contributed by atoms with Gasteiger partial charge in [0, 0.05) is 63.3 Å². The number of hydrogen-bond donors (Lipinski definition) is 0. The first kappa shape index (κ1) is 21.8. The summed E-state index contributed by atoms with van der Waals surface area (Å²) in [4.78, 5) is 34.3. The van der Waals surface area contributed by atoms with E-state index in [0.717, 1.165) is 35.7 Å². The second-order valence-electron chi connectivity index (χ2n) is 8.68. The van der Waals surface area contributed by atoms with Gasteiger partial charge in [0.25, 0.3) is 0 Å². The number of carbonyl (C=O) groups excluding carboxylic acids is 1. The van der Waals surface area contributed by atoms with E-state index in [1.807, 2.05) is 49.1 Å². The maximum atomic E-state index is 13.1. The standard InChI is InChI=1S/C25H27N7O2/c1-18-15-19(2)17-20(16-18)31-13-14-32-22(27-28-24(32)25(31)34)6-7-23(33)30-11-9-29(10-12-30)21-5-3-4-8-26-21/h3-5,8,13-17H,6-7,9-12H2,1-2H3. The average molecular weight is 458 g/mol. The third-order valence-corrected chi connectivity index (χ3v) is 6.19. The summed E-state index contributed by atoms with van der Waals surface area (Å²) >= 11 is 0. The van der Waals surface area contributed by atoms with E-state index in [1.165, 1.54) is 0 Å². The van der Waals surface area contributed by atoms with E-state index in [1.54, 1.807) is 27.6 Å². The minimum atomic E-state index is -0.233. The summed E-state index contributed by atoms with van der Waals surface area (Å²) in [5.41, 5.74) is 3.00. The monoisotopic (exact) mass is 457 g/mol. The Balaban J connectivity index is 1.25. The Bertz CT molecular complexity index is 1370. The van der Waals surface area contributed by atoms with Gasteiger partial charge in [0.05, 0.1) is 0 Å². The number of fused-ring (bicyclic) bond motifs is 1. The van der Waals surface area contributed by atoms with Crippen LogP contribution in [0.5, 0.6) is 0 Å². The van der Waals surface area contributed by atoms with Crippen LogP contribution < -0.4 is 10.5 Å². The van der Waals surface area contributed by atoms with E-state index in [-0.39, 0.29) is 17.1 Å². The quantitative estimate of drug-likeness (QED) is 0.456. The molecule has 3 aromatic heterocycles. The Kier molecular flexibility index (Phi) is 5.83. The summed E-state index contributed by atoms with van der Waals surface area (Å²) < 4.78 is 3.27. The minimum Gasteiger partial charge on any atom is -0.353 e. The van der Waals surface area contributed by atoms with Crippen LogP contribution in [-0.2, 0) is 11.2 Å². The molecule has 0 unspecified atom stereocenters. The van der Waals surface area contributed by atoms with Gasteiger partial charge in [0.15, 0.2) is 0 Å². The maximum absolute atomic E-state index is 13.1. The number of rotatable bonds is 5. The van der Waals surface area contributed by atoms with E-state index >= 15 is 0 Å². The molecule has 1 amide bonds. The molecule has 4 aromatic rings. The molecule has 4 heterocycles. The SMILES string of the molecule is Cc1cc(C)cc(-n2ccn3c(CCC(=O)N4CCN(c5ccccn5)CC4)nnc3c2=O)c1. The van der Waals surface area contributed by atoms with Crippen LogP contribution in [0.1, 0.15) is 23.4 Å². The maximum Gasteiger partial charge on any atom is 0.300 e. The Labute approximate surface area is 197 Å². The van der Waals surface area contributed by atoms with Crippen molar-refractivity contribution in [2.24, 2.45) is 0 Å². The van der Waals surface area contributed by atoms with Crippen LogP contribution in [0, 0.1) is 13.8 Å². The number of pyridine rings is 1. The van der Waals surface area contributed by atoms with Gasteiger partial charge in [-0.1, -0.05) is 12.1 Å². The second kappa shape index (κ2) is 9.09. The molecule has 0 saturated carbocycles. The molecule has 0 radical (unpaired) electrons. The number of benzene rings is 1. The molecule has 1 aliphatic heterocycles. The Morgan fingerprint density at radius 1 is 0.971 bits per heavy atom. The van der Waals surface area contributed by atoms with Crippen LogP contribution in [0.4, 0.5) is 5.82 Å². The van der Waals surface area contributed by atoms with Crippen molar-refractivity contribution in [1.29, 1.82) is 0 Å². The molecule has 1 saturated heterocycles. The van der Waals surface area contributed by atoms with Crippen LogP contribution in [0.15, 0.2) is 59.8 Å². The molecule has 174 valence electrons. The van der Waals surface area contributed by atoms with Crippen LogP contribution in [0.3, 0.4) is 0 Å². The van der Waals surface area contributed by atoms with Crippen LogP contribution in [0.2, 0.25) is 0 Å². The van der Waals surface area contributed by atoms with Crippen molar-refractivity contribution in [3.8, 4) is 5.69 Å². The number of amides is 1. The van der Waals surface area contributed by atoms with Gasteiger partial charge in [-0.25, -0.2) is 4.98 Å². The lowest BCUT2D eigenvalue weighted by Crippen LogP contribution is -2.49. The average Bonchev–Trinajstić information content (AvgIpc) is 3.27. The summed E-state index contributed by atoms with van der Waals surface area (Å²) in [6, 6.07) is 11.9. The van der Waals surface area contributed by atoms with Crippen molar-refractivity contribution in [2.45, 2.75) is 26.7 Å². The van der Waals surface area contributed by atoms with Crippen molar-refractivity contribution < 1.29 is 4.79 Å². The Hall–Kier alpha value is -4.01. The molecule has 9 nitrogen and oxygen atoms in total. The van der Waals surface area contributed by atoms with Gasteiger partial charge < -0.3 is 9.80 Å². The van der Waals surface area contributed by atoms with E-state index in [9.17, 15) is 9.59 Å². The van der Waals surface area contributed by atoms with Gasteiger partial charge in [-0.15, -0.1) is 10.2 Å². The summed E-state index contributed by atoms with van der Waals surface area (Å²) in [6.45, 7) is 6.85. The Morgan fingerprint density at radius 2 is 1.74 bits per heavy atom. The van der Waals surface area contributed by atoms with E-state index in [0.29, 0.717) is 31.8 Å². The highest BCUT2D eigenvalue weighted by molar-refractivity contribution is 5.76.